The number of hydrogen-bond acceptors (Lipinski definition) is 5. The van der Waals surface area contributed by atoms with Crippen LogP contribution in [0, 0.1) is 17.7 Å². The second-order valence-electron chi connectivity index (χ2n) is 8.54. The Bertz CT molecular complexity index is 1070. The molecule has 4 rings (SSSR count). The van der Waals surface area contributed by atoms with Crippen molar-refractivity contribution < 1.29 is 23.5 Å². The molecule has 2 aliphatic heterocycles. The summed E-state index contributed by atoms with van der Waals surface area (Å²) in [5, 5.41) is 2.75. The molecule has 31 heavy (non-hydrogen) atoms. The van der Waals surface area contributed by atoms with Crippen molar-refractivity contribution in [3.05, 3.63) is 47.8 Å². The van der Waals surface area contributed by atoms with Crippen molar-refractivity contribution >= 4 is 23.5 Å². The van der Waals surface area contributed by atoms with Gasteiger partial charge in [-0.25, -0.2) is 9.37 Å². The van der Waals surface area contributed by atoms with Crippen LogP contribution in [0.4, 0.5) is 10.1 Å². The van der Waals surface area contributed by atoms with E-state index in [9.17, 15) is 18.8 Å². The highest BCUT2D eigenvalue weighted by Crippen LogP contribution is 2.54. The number of aromatic nitrogens is 2. The second kappa shape index (κ2) is 7.47. The Hall–Kier alpha value is -3.23. The Morgan fingerprint density at radius 3 is 2.74 bits per heavy atom. The number of imidazole rings is 1. The molecule has 0 saturated carbocycles. The van der Waals surface area contributed by atoms with Crippen LogP contribution in [0.25, 0.3) is 0 Å². The van der Waals surface area contributed by atoms with Crippen molar-refractivity contribution in [1.82, 2.24) is 14.5 Å². The molecule has 2 aromatic rings. The maximum Gasteiger partial charge on any atom is 0.312 e. The number of methoxy groups -OCH3 is 1. The predicted molar refractivity (Wildman–Crippen MR) is 109 cm³/mol. The number of ether oxygens (including phenoxy) is 1. The number of halogens is 1. The van der Waals surface area contributed by atoms with Crippen molar-refractivity contribution in [2.75, 3.05) is 12.4 Å². The summed E-state index contributed by atoms with van der Waals surface area (Å²) in [4.78, 5) is 45.9. The Labute approximate surface area is 179 Å². The number of aryl methyl sites for hydroxylation is 1. The maximum absolute atomic E-state index is 14.3. The molecule has 8 nitrogen and oxygen atoms in total. The molecule has 1 saturated heterocycles. The van der Waals surface area contributed by atoms with Crippen molar-refractivity contribution in [2.45, 2.75) is 38.3 Å². The van der Waals surface area contributed by atoms with Crippen molar-refractivity contribution in [1.29, 1.82) is 0 Å². The van der Waals surface area contributed by atoms with E-state index in [0.29, 0.717) is 12.1 Å². The van der Waals surface area contributed by atoms with Crippen LogP contribution in [0.3, 0.4) is 0 Å². The van der Waals surface area contributed by atoms with Gasteiger partial charge in [0.2, 0.25) is 0 Å². The SMILES string of the molecule is COC(=O)[C@@H]1C[C@H](CC(C)C)N(C(=O)c2nccn2C)[C@@]12C(=O)Nc1ccc(F)cc12. The number of fused-ring (bicyclic) bond motifs is 2. The lowest BCUT2D eigenvalue weighted by Crippen LogP contribution is -2.57. The van der Waals surface area contributed by atoms with Crippen LogP contribution in [0.5, 0.6) is 0 Å². The molecular weight excluding hydrogens is 403 g/mol. The first-order valence-corrected chi connectivity index (χ1v) is 10.2. The third-order valence-corrected chi connectivity index (χ3v) is 6.20. The molecule has 2 aliphatic rings. The predicted octanol–water partition coefficient (Wildman–Crippen LogP) is 2.46. The lowest BCUT2D eigenvalue weighted by molar-refractivity contribution is -0.151. The number of carbonyl (C=O) groups is 3. The molecule has 1 aromatic heterocycles. The summed E-state index contributed by atoms with van der Waals surface area (Å²) in [5.41, 5.74) is -1.07. The molecule has 0 radical (unpaired) electrons. The zero-order valence-corrected chi connectivity index (χ0v) is 17.9. The topological polar surface area (TPSA) is 93.5 Å². The highest BCUT2D eigenvalue weighted by atomic mass is 19.1. The number of amides is 2. The minimum atomic E-state index is -1.72. The zero-order valence-electron chi connectivity index (χ0n) is 17.9. The monoisotopic (exact) mass is 428 g/mol. The number of carbonyl (C=O) groups excluding carboxylic acids is 3. The molecule has 3 atom stereocenters. The number of esters is 1. The maximum atomic E-state index is 14.3. The molecule has 1 spiro atoms. The molecule has 9 heteroatoms. The fraction of sp³-hybridized carbons (Fsp3) is 0.455. The number of hydrogen-bond donors (Lipinski definition) is 1. The molecule has 1 fully saturated rings. The van der Waals surface area contributed by atoms with Gasteiger partial charge < -0.3 is 19.5 Å². The van der Waals surface area contributed by atoms with Gasteiger partial charge in [0.05, 0.1) is 13.0 Å². The van der Waals surface area contributed by atoms with E-state index in [1.807, 2.05) is 13.8 Å². The summed E-state index contributed by atoms with van der Waals surface area (Å²) in [6.07, 6.45) is 3.91. The smallest absolute Gasteiger partial charge is 0.312 e. The standard InChI is InChI=1S/C22H25FN4O4/c1-12(2)9-14-11-16(20(29)31-4)22(27(14)19(28)18-24-7-8-26(18)3)15-10-13(23)5-6-17(15)25-21(22)30/h5-8,10,12,14,16H,9,11H2,1-4H3,(H,25,30)/t14-,16-,22+/m0/s1. The average molecular weight is 428 g/mol. The quantitative estimate of drug-likeness (QED) is 0.755. The third kappa shape index (κ3) is 3.02. The number of benzene rings is 1. The van der Waals surface area contributed by atoms with E-state index < -0.39 is 41.1 Å². The van der Waals surface area contributed by atoms with Crippen LogP contribution in [0.2, 0.25) is 0 Å². The van der Waals surface area contributed by atoms with Crippen LogP contribution in [-0.2, 0) is 26.9 Å². The number of rotatable bonds is 4. The summed E-state index contributed by atoms with van der Waals surface area (Å²) in [6, 6.07) is 3.47. The van der Waals surface area contributed by atoms with Gasteiger partial charge in [0.25, 0.3) is 11.8 Å². The van der Waals surface area contributed by atoms with Gasteiger partial charge in [0, 0.05) is 36.7 Å². The van der Waals surface area contributed by atoms with Crippen LogP contribution in [0.1, 0.15) is 42.9 Å². The van der Waals surface area contributed by atoms with Gasteiger partial charge >= 0.3 is 5.97 Å². The van der Waals surface area contributed by atoms with E-state index in [1.54, 1.807) is 17.8 Å². The molecule has 0 aliphatic carbocycles. The fourth-order valence-corrected chi connectivity index (χ4v) is 5.03. The molecule has 2 amide bonds. The third-order valence-electron chi connectivity index (χ3n) is 6.20. The van der Waals surface area contributed by atoms with E-state index in [4.69, 9.17) is 4.74 Å². The van der Waals surface area contributed by atoms with E-state index in [2.05, 4.69) is 10.3 Å². The summed E-state index contributed by atoms with van der Waals surface area (Å²) in [6.45, 7) is 4.01. The van der Waals surface area contributed by atoms with E-state index in [0.717, 1.165) is 0 Å². The Morgan fingerprint density at radius 1 is 1.39 bits per heavy atom. The van der Waals surface area contributed by atoms with Gasteiger partial charge in [0.1, 0.15) is 5.82 Å². The van der Waals surface area contributed by atoms with Gasteiger partial charge in [0.15, 0.2) is 11.4 Å². The first kappa shape index (κ1) is 21.0. The molecule has 1 N–H and O–H groups in total. The Kier molecular flexibility index (Phi) is 5.07. The highest BCUT2D eigenvalue weighted by Gasteiger charge is 2.67. The normalized spacial score (nSPS) is 24.6. The lowest BCUT2D eigenvalue weighted by atomic mass is 9.79. The number of nitrogens with zero attached hydrogens (tertiary/aromatic N) is 3. The van der Waals surface area contributed by atoms with Crippen LogP contribution < -0.4 is 5.32 Å². The molecule has 1 aromatic carbocycles. The van der Waals surface area contributed by atoms with Gasteiger partial charge in [-0.3, -0.25) is 14.4 Å². The van der Waals surface area contributed by atoms with E-state index >= 15 is 0 Å². The fourth-order valence-electron chi connectivity index (χ4n) is 5.03. The minimum Gasteiger partial charge on any atom is -0.469 e. The molecule has 0 unspecified atom stereocenters. The van der Waals surface area contributed by atoms with Gasteiger partial charge in [-0.2, -0.15) is 0 Å². The second-order valence-corrected chi connectivity index (χ2v) is 8.54. The average Bonchev–Trinajstić information content (AvgIpc) is 3.37. The summed E-state index contributed by atoms with van der Waals surface area (Å²) >= 11 is 0. The summed E-state index contributed by atoms with van der Waals surface area (Å²) < 4.78 is 20.9. The highest BCUT2D eigenvalue weighted by molar-refractivity contribution is 6.11. The molecule has 0 bridgehead atoms. The molecule has 3 heterocycles. The van der Waals surface area contributed by atoms with Gasteiger partial charge in [-0.15, -0.1) is 0 Å². The van der Waals surface area contributed by atoms with E-state index in [-0.39, 0.29) is 23.7 Å². The largest absolute Gasteiger partial charge is 0.469 e. The minimum absolute atomic E-state index is 0.135. The van der Waals surface area contributed by atoms with Crippen molar-refractivity contribution in [3.63, 3.8) is 0 Å². The molecule has 164 valence electrons. The van der Waals surface area contributed by atoms with Gasteiger partial charge in [-0.1, -0.05) is 13.8 Å². The molecular formula is C22H25FN4O4. The summed E-state index contributed by atoms with van der Waals surface area (Å²) in [5.74, 6) is -2.86. The van der Waals surface area contributed by atoms with Crippen molar-refractivity contribution in [2.24, 2.45) is 18.9 Å². The van der Waals surface area contributed by atoms with Crippen LogP contribution in [0.15, 0.2) is 30.6 Å². The number of nitrogens with one attached hydrogen (secondary N) is 1. The van der Waals surface area contributed by atoms with E-state index in [1.165, 1.54) is 36.4 Å². The van der Waals surface area contributed by atoms with Crippen LogP contribution >= 0.6 is 0 Å². The summed E-state index contributed by atoms with van der Waals surface area (Å²) in [7, 11) is 2.93. The first-order valence-electron chi connectivity index (χ1n) is 10.2. The van der Waals surface area contributed by atoms with Crippen LogP contribution in [-0.4, -0.2) is 45.4 Å². The zero-order chi connectivity index (χ0) is 22.5. The Morgan fingerprint density at radius 2 is 2.13 bits per heavy atom. The Balaban J connectivity index is 1.98. The number of anilines is 1. The van der Waals surface area contributed by atoms with Gasteiger partial charge in [-0.05, 0) is 37.0 Å². The lowest BCUT2D eigenvalue weighted by Gasteiger charge is -2.39. The van der Waals surface area contributed by atoms with Crippen molar-refractivity contribution in [3.8, 4) is 0 Å². The number of likely N-dealkylation sites (tertiary alicyclic amines) is 1. The first-order chi connectivity index (χ1) is 14.7.